The zero-order valence-electron chi connectivity index (χ0n) is 9.92. The van der Waals surface area contributed by atoms with Gasteiger partial charge in [0.05, 0.1) is 12.7 Å². The molecule has 3 heteroatoms. The summed E-state index contributed by atoms with van der Waals surface area (Å²) in [7, 11) is 1.61. The predicted octanol–water partition coefficient (Wildman–Crippen LogP) is 2.34. The van der Waals surface area contributed by atoms with Crippen molar-refractivity contribution in [2.24, 2.45) is 0 Å². The van der Waals surface area contributed by atoms with Gasteiger partial charge in [-0.25, -0.2) is 0 Å². The van der Waals surface area contributed by atoms with E-state index in [1.165, 1.54) is 18.2 Å². The van der Waals surface area contributed by atoms with Crippen LogP contribution in [0.2, 0.25) is 0 Å². The van der Waals surface area contributed by atoms with Gasteiger partial charge in [0.25, 0.3) is 0 Å². The van der Waals surface area contributed by atoms with E-state index in [1.54, 1.807) is 13.2 Å². The molecular weight excluding hydrogens is 228 g/mol. The lowest BCUT2D eigenvalue weighted by molar-refractivity contribution is -0.115. The van der Waals surface area contributed by atoms with Gasteiger partial charge in [-0.2, -0.15) is 0 Å². The Labute approximate surface area is 105 Å². The van der Waals surface area contributed by atoms with E-state index in [0.717, 1.165) is 11.3 Å². The Balaban J connectivity index is 2.09. The maximum absolute atomic E-state index is 11.3. The van der Waals surface area contributed by atoms with E-state index in [0.29, 0.717) is 0 Å². The van der Waals surface area contributed by atoms with Gasteiger partial charge in [0, 0.05) is 0 Å². The van der Waals surface area contributed by atoms with Crippen LogP contribution in [0.25, 0.3) is 6.08 Å². The van der Waals surface area contributed by atoms with Crippen molar-refractivity contribution in [3.05, 3.63) is 59.7 Å². The molecule has 0 N–H and O–H groups in total. The van der Waals surface area contributed by atoms with Crippen molar-refractivity contribution in [1.29, 1.82) is 0 Å². The number of methoxy groups -OCH3 is 1. The molecule has 1 aromatic carbocycles. The molecule has 0 saturated carbocycles. The molecule has 1 aromatic rings. The van der Waals surface area contributed by atoms with Crippen LogP contribution in [-0.4, -0.2) is 18.7 Å². The molecule has 0 spiro atoms. The highest BCUT2D eigenvalue weighted by molar-refractivity contribution is 6.33. The SMILES string of the molecule is COc1ccc(/C=C/C=C2C(=O)C=CC2=O)cc1. The summed E-state index contributed by atoms with van der Waals surface area (Å²) >= 11 is 0. The van der Waals surface area contributed by atoms with Crippen LogP contribution in [0.1, 0.15) is 5.56 Å². The Morgan fingerprint density at radius 3 is 2.17 bits per heavy atom. The van der Waals surface area contributed by atoms with Crippen LogP contribution >= 0.6 is 0 Å². The van der Waals surface area contributed by atoms with Gasteiger partial charge in [-0.1, -0.05) is 24.3 Å². The monoisotopic (exact) mass is 240 g/mol. The number of allylic oxidation sites excluding steroid dienone is 5. The fraction of sp³-hybridized carbons (Fsp3) is 0.0667. The zero-order valence-corrected chi connectivity index (χ0v) is 9.92. The van der Waals surface area contributed by atoms with Gasteiger partial charge in [0.15, 0.2) is 11.6 Å². The summed E-state index contributed by atoms with van der Waals surface area (Å²) in [6, 6.07) is 7.48. The Hall–Kier alpha value is -2.42. The highest BCUT2D eigenvalue weighted by Crippen LogP contribution is 2.13. The van der Waals surface area contributed by atoms with E-state index in [4.69, 9.17) is 4.74 Å². The summed E-state index contributed by atoms with van der Waals surface area (Å²) in [5.74, 6) is 0.314. The van der Waals surface area contributed by atoms with E-state index in [1.807, 2.05) is 30.3 Å². The molecule has 3 nitrogen and oxygen atoms in total. The first-order valence-corrected chi connectivity index (χ1v) is 5.50. The van der Waals surface area contributed by atoms with E-state index in [-0.39, 0.29) is 17.1 Å². The maximum atomic E-state index is 11.3. The number of benzene rings is 1. The summed E-state index contributed by atoms with van der Waals surface area (Å²) < 4.78 is 5.05. The lowest BCUT2D eigenvalue weighted by Gasteiger charge is -1.98. The van der Waals surface area contributed by atoms with Gasteiger partial charge in [0.1, 0.15) is 5.75 Å². The molecule has 0 unspecified atom stereocenters. The highest BCUT2D eigenvalue weighted by atomic mass is 16.5. The quantitative estimate of drug-likeness (QED) is 0.601. The molecule has 90 valence electrons. The molecule has 1 aliphatic carbocycles. The second-order valence-corrected chi connectivity index (χ2v) is 3.77. The number of ketones is 2. The van der Waals surface area contributed by atoms with Crippen molar-refractivity contribution in [1.82, 2.24) is 0 Å². The molecular formula is C15H12O3. The first-order valence-electron chi connectivity index (χ1n) is 5.50. The third kappa shape index (κ3) is 2.63. The van der Waals surface area contributed by atoms with Crippen LogP contribution in [0.15, 0.2) is 54.1 Å². The summed E-state index contributed by atoms with van der Waals surface area (Å²) in [6.07, 6.45) is 7.63. The lowest BCUT2D eigenvalue weighted by atomic mass is 10.1. The van der Waals surface area contributed by atoms with Crippen molar-refractivity contribution in [3.63, 3.8) is 0 Å². The van der Waals surface area contributed by atoms with Crippen LogP contribution in [0.5, 0.6) is 5.75 Å². The van der Waals surface area contributed by atoms with Crippen molar-refractivity contribution < 1.29 is 14.3 Å². The molecule has 0 fully saturated rings. The summed E-state index contributed by atoms with van der Waals surface area (Å²) in [6.45, 7) is 0. The Morgan fingerprint density at radius 1 is 1.00 bits per heavy atom. The normalized spacial score (nSPS) is 14.6. The maximum Gasteiger partial charge on any atom is 0.189 e. The molecule has 0 aromatic heterocycles. The Kier molecular flexibility index (Phi) is 3.53. The molecule has 0 amide bonds. The topological polar surface area (TPSA) is 43.4 Å². The minimum absolute atomic E-state index is 0.208. The lowest BCUT2D eigenvalue weighted by Crippen LogP contribution is -1.99. The minimum atomic E-state index is -0.237. The number of hydrogen-bond acceptors (Lipinski definition) is 3. The first kappa shape index (κ1) is 12.0. The van der Waals surface area contributed by atoms with E-state index in [9.17, 15) is 9.59 Å². The van der Waals surface area contributed by atoms with Crippen LogP contribution in [0.3, 0.4) is 0 Å². The van der Waals surface area contributed by atoms with Gasteiger partial charge in [-0.15, -0.1) is 0 Å². The third-order valence-electron chi connectivity index (χ3n) is 2.58. The fourth-order valence-corrected chi connectivity index (χ4v) is 1.59. The van der Waals surface area contributed by atoms with Gasteiger partial charge in [0.2, 0.25) is 0 Å². The fourth-order valence-electron chi connectivity index (χ4n) is 1.59. The Bertz CT molecular complexity index is 540. The minimum Gasteiger partial charge on any atom is -0.497 e. The standard InChI is InChI=1S/C15H12O3/c1-18-12-7-5-11(6-8-12)3-2-4-13-14(16)9-10-15(13)17/h2-10H,1H3/b3-2+. The molecule has 0 heterocycles. The molecule has 0 bridgehead atoms. The number of rotatable bonds is 3. The number of ether oxygens (including phenoxy) is 1. The smallest absolute Gasteiger partial charge is 0.189 e. The van der Waals surface area contributed by atoms with Gasteiger partial charge < -0.3 is 4.74 Å². The molecule has 18 heavy (non-hydrogen) atoms. The van der Waals surface area contributed by atoms with E-state index >= 15 is 0 Å². The third-order valence-corrected chi connectivity index (χ3v) is 2.58. The highest BCUT2D eigenvalue weighted by Gasteiger charge is 2.18. The number of carbonyl (C=O) groups excluding carboxylic acids is 2. The van der Waals surface area contributed by atoms with Crippen molar-refractivity contribution in [2.45, 2.75) is 0 Å². The van der Waals surface area contributed by atoms with Crippen LogP contribution < -0.4 is 4.74 Å². The van der Waals surface area contributed by atoms with Gasteiger partial charge in [-0.3, -0.25) is 9.59 Å². The summed E-state index contributed by atoms with van der Waals surface area (Å²) in [5, 5.41) is 0. The van der Waals surface area contributed by atoms with E-state index < -0.39 is 0 Å². The van der Waals surface area contributed by atoms with Crippen molar-refractivity contribution in [3.8, 4) is 5.75 Å². The number of carbonyl (C=O) groups is 2. The van der Waals surface area contributed by atoms with Gasteiger partial charge in [-0.05, 0) is 35.9 Å². The summed E-state index contributed by atoms with van der Waals surface area (Å²) in [5.41, 5.74) is 1.18. The van der Waals surface area contributed by atoms with Gasteiger partial charge >= 0.3 is 0 Å². The Morgan fingerprint density at radius 2 is 1.61 bits per heavy atom. The van der Waals surface area contributed by atoms with Crippen LogP contribution in [0, 0.1) is 0 Å². The summed E-state index contributed by atoms with van der Waals surface area (Å²) in [4.78, 5) is 22.6. The average Bonchev–Trinajstić information content (AvgIpc) is 2.71. The molecule has 0 radical (unpaired) electrons. The largest absolute Gasteiger partial charge is 0.497 e. The predicted molar refractivity (Wildman–Crippen MR) is 69.3 cm³/mol. The van der Waals surface area contributed by atoms with Crippen molar-refractivity contribution in [2.75, 3.05) is 7.11 Å². The van der Waals surface area contributed by atoms with Crippen LogP contribution in [-0.2, 0) is 9.59 Å². The number of hydrogen-bond donors (Lipinski definition) is 0. The van der Waals surface area contributed by atoms with Crippen molar-refractivity contribution >= 4 is 17.6 Å². The zero-order chi connectivity index (χ0) is 13.0. The van der Waals surface area contributed by atoms with Crippen LogP contribution in [0.4, 0.5) is 0 Å². The average molecular weight is 240 g/mol. The molecule has 2 rings (SSSR count). The molecule has 1 aliphatic rings. The molecule has 0 atom stereocenters. The second kappa shape index (κ2) is 5.27. The second-order valence-electron chi connectivity index (χ2n) is 3.77. The first-order chi connectivity index (χ1) is 8.70. The molecule has 0 saturated heterocycles. The van der Waals surface area contributed by atoms with E-state index in [2.05, 4.69) is 0 Å². The molecule has 0 aliphatic heterocycles.